The van der Waals surface area contributed by atoms with E-state index in [4.69, 9.17) is 0 Å². The molecular weight excluding hydrogens is 352 g/mol. The lowest BCUT2D eigenvalue weighted by Gasteiger charge is -2.19. The minimum absolute atomic E-state index is 0.176. The van der Waals surface area contributed by atoms with Crippen LogP contribution in [0.1, 0.15) is 36.8 Å². The molecule has 2 fully saturated rings. The SMILES string of the molecule is Cc1cc(CNC2CC2)cc(S(=O)(=O)N(C)C2CC2)c1Br. The zero-order valence-electron chi connectivity index (χ0n) is 12.4. The predicted molar refractivity (Wildman–Crippen MR) is 86.7 cm³/mol. The van der Waals surface area contributed by atoms with Gasteiger partial charge in [-0.2, -0.15) is 4.31 Å². The molecule has 1 N–H and O–H groups in total. The van der Waals surface area contributed by atoms with Gasteiger partial charge in [-0.3, -0.25) is 0 Å². The fourth-order valence-electron chi connectivity index (χ4n) is 2.44. The Morgan fingerprint density at radius 1 is 1.29 bits per heavy atom. The van der Waals surface area contributed by atoms with Crippen molar-refractivity contribution in [2.24, 2.45) is 0 Å². The molecule has 0 radical (unpaired) electrons. The molecule has 0 heterocycles. The summed E-state index contributed by atoms with van der Waals surface area (Å²) in [6, 6.07) is 4.65. The van der Waals surface area contributed by atoms with Gasteiger partial charge in [-0.1, -0.05) is 6.07 Å². The summed E-state index contributed by atoms with van der Waals surface area (Å²) >= 11 is 3.45. The largest absolute Gasteiger partial charge is 0.310 e. The first-order chi connectivity index (χ1) is 9.89. The molecule has 6 heteroatoms. The van der Waals surface area contributed by atoms with Gasteiger partial charge in [0.05, 0.1) is 4.90 Å². The molecule has 0 spiro atoms. The van der Waals surface area contributed by atoms with E-state index in [1.54, 1.807) is 13.1 Å². The van der Waals surface area contributed by atoms with Crippen LogP contribution in [-0.4, -0.2) is 31.9 Å². The van der Waals surface area contributed by atoms with E-state index in [0.717, 1.165) is 30.5 Å². The molecule has 2 aliphatic carbocycles. The normalized spacial score (nSPS) is 19.2. The number of hydrogen-bond donors (Lipinski definition) is 1. The molecule has 1 aromatic rings. The third kappa shape index (κ3) is 3.33. The van der Waals surface area contributed by atoms with Gasteiger partial charge in [-0.05, 0) is 65.7 Å². The quantitative estimate of drug-likeness (QED) is 0.834. The van der Waals surface area contributed by atoms with Gasteiger partial charge in [0.25, 0.3) is 0 Å². The predicted octanol–water partition coefficient (Wildman–Crippen LogP) is 2.79. The molecular formula is C15H21BrN2O2S. The second kappa shape index (κ2) is 5.65. The minimum atomic E-state index is -3.42. The molecule has 0 unspecified atom stereocenters. The highest BCUT2D eigenvalue weighted by molar-refractivity contribution is 9.10. The number of hydrogen-bond acceptors (Lipinski definition) is 3. The number of halogens is 1. The summed E-state index contributed by atoms with van der Waals surface area (Å²) in [5.41, 5.74) is 2.00. The first-order valence-corrected chi connectivity index (χ1v) is 9.63. The lowest BCUT2D eigenvalue weighted by atomic mass is 10.1. The Morgan fingerprint density at radius 2 is 1.95 bits per heavy atom. The molecule has 0 atom stereocenters. The van der Waals surface area contributed by atoms with Gasteiger partial charge < -0.3 is 5.32 Å². The molecule has 0 bridgehead atoms. The van der Waals surface area contributed by atoms with E-state index in [0.29, 0.717) is 15.4 Å². The summed E-state index contributed by atoms with van der Waals surface area (Å²) in [7, 11) is -1.73. The van der Waals surface area contributed by atoms with Crippen molar-refractivity contribution >= 4 is 26.0 Å². The molecule has 0 amide bonds. The van der Waals surface area contributed by atoms with Crippen LogP contribution in [0.3, 0.4) is 0 Å². The van der Waals surface area contributed by atoms with E-state index in [9.17, 15) is 8.42 Å². The fraction of sp³-hybridized carbons (Fsp3) is 0.600. The zero-order chi connectivity index (χ0) is 15.2. The second-order valence-electron chi connectivity index (χ2n) is 6.13. The van der Waals surface area contributed by atoms with Crippen molar-refractivity contribution in [1.82, 2.24) is 9.62 Å². The summed E-state index contributed by atoms with van der Waals surface area (Å²) < 4.78 is 27.7. The zero-order valence-corrected chi connectivity index (χ0v) is 14.8. The molecule has 2 saturated carbocycles. The van der Waals surface area contributed by atoms with Crippen molar-refractivity contribution < 1.29 is 8.42 Å². The van der Waals surface area contributed by atoms with E-state index in [1.165, 1.54) is 17.1 Å². The van der Waals surface area contributed by atoms with Crippen LogP contribution in [0, 0.1) is 6.92 Å². The third-order valence-corrected chi connectivity index (χ3v) is 7.42. The topological polar surface area (TPSA) is 49.4 Å². The summed E-state index contributed by atoms with van der Waals surface area (Å²) in [4.78, 5) is 0.393. The Hall–Kier alpha value is -0.430. The van der Waals surface area contributed by atoms with Crippen LogP contribution >= 0.6 is 15.9 Å². The lowest BCUT2D eigenvalue weighted by Crippen LogP contribution is -2.29. The van der Waals surface area contributed by atoms with E-state index < -0.39 is 10.0 Å². The van der Waals surface area contributed by atoms with Gasteiger partial charge in [0.2, 0.25) is 10.0 Å². The van der Waals surface area contributed by atoms with Crippen LogP contribution in [0.5, 0.6) is 0 Å². The number of rotatable bonds is 6. The number of sulfonamides is 1. The summed E-state index contributed by atoms with van der Waals surface area (Å²) in [5, 5.41) is 3.44. The third-order valence-electron chi connectivity index (χ3n) is 4.17. The maximum Gasteiger partial charge on any atom is 0.244 e. The average Bonchev–Trinajstić information content (AvgIpc) is 3.31. The summed E-state index contributed by atoms with van der Waals surface area (Å²) in [6.07, 6.45) is 4.39. The van der Waals surface area contributed by atoms with Gasteiger partial charge in [0.1, 0.15) is 0 Å². The van der Waals surface area contributed by atoms with E-state index in [-0.39, 0.29) is 6.04 Å². The smallest absolute Gasteiger partial charge is 0.244 e. The van der Waals surface area contributed by atoms with Crippen LogP contribution in [0.15, 0.2) is 21.5 Å². The molecule has 1 aromatic carbocycles. The number of nitrogens with zero attached hydrogens (tertiary/aromatic N) is 1. The van der Waals surface area contributed by atoms with Crippen molar-refractivity contribution in [1.29, 1.82) is 0 Å². The Bertz CT molecular complexity index is 652. The van der Waals surface area contributed by atoms with Crippen molar-refractivity contribution in [2.75, 3.05) is 7.05 Å². The Labute approximate surface area is 135 Å². The monoisotopic (exact) mass is 372 g/mol. The van der Waals surface area contributed by atoms with E-state index in [2.05, 4.69) is 27.3 Å². The maximum atomic E-state index is 12.8. The first kappa shape index (κ1) is 15.5. The van der Waals surface area contributed by atoms with Gasteiger partial charge in [-0.15, -0.1) is 0 Å². The van der Waals surface area contributed by atoms with Crippen molar-refractivity contribution in [3.8, 4) is 0 Å². The molecule has 2 aliphatic rings. The van der Waals surface area contributed by atoms with Crippen LogP contribution in [0.4, 0.5) is 0 Å². The van der Waals surface area contributed by atoms with Gasteiger partial charge in [0.15, 0.2) is 0 Å². The lowest BCUT2D eigenvalue weighted by molar-refractivity contribution is 0.463. The number of benzene rings is 1. The fourth-order valence-corrected chi connectivity index (χ4v) is 4.88. The van der Waals surface area contributed by atoms with Gasteiger partial charge >= 0.3 is 0 Å². The minimum Gasteiger partial charge on any atom is -0.310 e. The van der Waals surface area contributed by atoms with E-state index >= 15 is 0 Å². The summed E-state index contributed by atoms with van der Waals surface area (Å²) in [5.74, 6) is 0. The van der Waals surface area contributed by atoms with Crippen LogP contribution in [-0.2, 0) is 16.6 Å². The second-order valence-corrected chi connectivity index (χ2v) is 8.89. The van der Waals surface area contributed by atoms with Gasteiger partial charge in [-0.25, -0.2) is 8.42 Å². The number of nitrogens with one attached hydrogen (secondary N) is 1. The highest BCUT2D eigenvalue weighted by Crippen LogP contribution is 2.35. The highest BCUT2D eigenvalue weighted by Gasteiger charge is 2.36. The van der Waals surface area contributed by atoms with Gasteiger partial charge in [0, 0.05) is 30.1 Å². The van der Waals surface area contributed by atoms with Crippen molar-refractivity contribution in [2.45, 2.75) is 56.1 Å². The van der Waals surface area contributed by atoms with Crippen LogP contribution in [0.2, 0.25) is 0 Å². The molecule has 4 nitrogen and oxygen atoms in total. The first-order valence-electron chi connectivity index (χ1n) is 7.40. The molecule has 0 saturated heterocycles. The van der Waals surface area contributed by atoms with E-state index in [1.807, 2.05) is 6.92 Å². The Kier molecular flexibility index (Phi) is 4.16. The summed E-state index contributed by atoms with van der Waals surface area (Å²) in [6.45, 7) is 2.68. The van der Waals surface area contributed by atoms with Crippen LogP contribution in [0.25, 0.3) is 0 Å². The molecule has 116 valence electrons. The standard InChI is InChI=1S/C15H21BrN2O2S/c1-10-7-11(9-17-12-3-4-12)8-14(15(10)16)21(19,20)18(2)13-5-6-13/h7-8,12-13,17H,3-6,9H2,1-2H3. The van der Waals surface area contributed by atoms with Crippen molar-refractivity contribution in [3.05, 3.63) is 27.7 Å². The van der Waals surface area contributed by atoms with Crippen LogP contribution < -0.4 is 5.32 Å². The molecule has 3 rings (SSSR count). The average molecular weight is 373 g/mol. The Morgan fingerprint density at radius 3 is 2.52 bits per heavy atom. The molecule has 0 aromatic heterocycles. The maximum absolute atomic E-state index is 12.8. The Balaban J connectivity index is 1.91. The molecule has 21 heavy (non-hydrogen) atoms. The highest BCUT2D eigenvalue weighted by atomic mass is 79.9. The number of aryl methyl sites for hydroxylation is 1. The van der Waals surface area contributed by atoms with Crippen molar-refractivity contribution in [3.63, 3.8) is 0 Å². The molecule has 0 aliphatic heterocycles.